The van der Waals surface area contributed by atoms with Gasteiger partial charge < -0.3 is 14.7 Å². The van der Waals surface area contributed by atoms with Gasteiger partial charge in [-0.25, -0.2) is 9.59 Å². The van der Waals surface area contributed by atoms with Gasteiger partial charge in [0.2, 0.25) is 0 Å². The number of carbonyl (C=O) groups is 1. The molecular weight excluding hydrogens is 392 g/mol. The Morgan fingerprint density at radius 2 is 1.90 bits per heavy atom. The number of hydrogen-bond acceptors (Lipinski definition) is 6. The number of non-ortho nitro benzene ring substituents is 1. The van der Waals surface area contributed by atoms with Gasteiger partial charge in [-0.3, -0.25) is 19.5 Å². The number of aromatic nitrogens is 3. The van der Waals surface area contributed by atoms with Crippen molar-refractivity contribution in [2.24, 2.45) is 0 Å². The molecule has 4 aromatic rings. The second kappa shape index (κ2) is 7.66. The van der Waals surface area contributed by atoms with Gasteiger partial charge in [-0.05, 0) is 24.6 Å². The van der Waals surface area contributed by atoms with Crippen molar-refractivity contribution >= 4 is 33.5 Å². The molecule has 0 spiro atoms. The number of rotatable bonds is 6. The van der Waals surface area contributed by atoms with Gasteiger partial charge in [-0.2, -0.15) is 0 Å². The molecule has 10 nitrogen and oxygen atoms in total. The molecule has 0 amide bonds. The van der Waals surface area contributed by atoms with E-state index in [9.17, 15) is 24.5 Å². The van der Waals surface area contributed by atoms with E-state index < -0.39 is 22.1 Å². The zero-order valence-electron chi connectivity index (χ0n) is 15.6. The molecule has 0 aliphatic carbocycles. The highest BCUT2D eigenvalue weighted by atomic mass is 16.6. The zero-order chi connectivity index (χ0) is 21.3. The monoisotopic (exact) mass is 408 g/mol. The molecule has 10 heteroatoms. The van der Waals surface area contributed by atoms with Crippen molar-refractivity contribution < 1.29 is 14.5 Å². The number of nitrogens with zero attached hydrogens (tertiary/aromatic N) is 2. The van der Waals surface area contributed by atoms with Gasteiger partial charge in [0.05, 0.1) is 22.4 Å². The molecule has 2 N–H and O–H groups in total. The van der Waals surface area contributed by atoms with E-state index in [4.69, 9.17) is 4.74 Å². The molecule has 2 aromatic carbocycles. The number of benzene rings is 2. The number of aromatic amines is 2. The smallest absolute Gasteiger partial charge is 0.354 e. The topological polar surface area (TPSA) is 140 Å². The summed E-state index contributed by atoms with van der Waals surface area (Å²) in [5, 5.41) is 12.0. The number of fused-ring (bicyclic) bond motifs is 2. The average Bonchev–Trinajstić information content (AvgIpc) is 3.17. The SMILES string of the molecule is O=C(OCCCn1c(=O)[nH]c2ccccc2c1=O)c1cc2cccc([N+](=O)[O-])c2[nH]1. The van der Waals surface area contributed by atoms with Crippen molar-refractivity contribution in [1.29, 1.82) is 0 Å². The van der Waals surface area contributed by atoms with Crippen LogP contribution in [0.15, 0.2) is 58.1 Å². The quantitative estimate of drug-likeness (QED) is 0.217. The number of nitrogens with one attached hydrogen (secondary N) is 2. The Balaban J connectivity index is 1.44. The van der Waals surface area contributed by atoms with Gasteiger partial charge >= 0.3 is 11.7 Å². The fraction of sp³-hybridized carbons (Fsp3) is 0.150. The summed E-state index contributed by atoms with van der Waals surface area (Å²) in [5.41, 5.74) is -0.301. The molecule has 0 aliphatic heterocycles. The van der Waals surface area contributed by atoms with Crippen molar-refractivity contribution in [2.45, 2.75) is 13.0 Å². The Hall–Kier alpha value is -4.21. The Kier molecular flexibility index (Phi) is 4.88. The first kappa shape index (κ1) is 19.1. The largest absolute Gasteiger partial charge is 0.461 e. The van der Waals surface area contributed by atoms with Gasteiger partial charge in [0.1, 0.15) is 11.2 Å². The summed E-state index contributed by atoms with van der Waals surface area (Å²) in [5.74, 6) is -0.680. The molecule has 0 unspecified atom stereocenters. The number of nitro benzene ring substituents is 1. The van der Waals surface area contributed by atoms with Crippen LogP contribution < -0.4 is 11.2 Å². The lowest BCUT2D eigenvalue weighted by Crippen LogP contribution is -2.35. The fourth-order valence-electron chi connectivity index (χ4n) is 3.27. The maximum atomic E-state index is 12.5. The molecule has 0 saturated heterocycles. The van der Waals surface area contributed by atoms with E-state index in [-0.39, 0.29) is 36.5 Å². The Labute approximate surface area is 167 Å². The van der Waals surface area contributed by atoms with Crippen LogP contribution >= 0.6 is 0 Å². The summed E-state index contributed by atoms with van der Waals surface area (Å²) < 4.78 is 6.24. The normalized spacial score (nSPS) is 11.1. The molecule has 0 fully saturated rings. The first-order chi connectivity index (χ1) is 14.5. The van der Waals surface area contributed by atoms with Crippen molar-refractivity contribution in [3.8, 4) is 0 Å². The molecule has 152 valence electrons. The lowest BCUT2D eigenvalue weighted by molar-refractivity contribution is -0.383. The van der Waals surface area contributed by atoms with Crippen LogP contribution in [-0.2, 0) is 11.3 Å². The van der Waals surface area contributed by atoms with Gasteiger partial charge in [0.15, 0.2) is 0 Å². The van der Waals surface area contributed by atoms with Gasteiger partial charge in [0.25, 0.3) is 11.2 Å². The number of esters is 1. The van der Waals surface area contributed by atoms with E-state index >= 15 is 0 Å². The van der Waals surface area contributed by atoms with Crippen LogP contribution in [0.5, 0.6) is 0 Å². The molecular formula is C20H16N4O6. The summed E-state index contributed by atoms with van der Waals surface area (Å²) in [7, 11) is 0. The number of carbonyl (C=O) groups excluding carboxylic acids is 1. The second-order valence-electron chi connectivity index (χ2n) is 6.60. The highest BCUT2D eigenvalue weighted by Crippen LogP contribution is 2.25. The highest BCUT2D eigenvalue weighted by molar-refractivity contribution is 5.97. The van der Waals surface area contributed by atoms with Crippen LogP contribution in [0.25, 0.3) is 21.8 Å². The van der Waals surface area contributed by atoms with Crippen LogP contribution in [0.3, 0.4) is 0 Å². The Morgan fingerprint density at radius 3 is 2.70 bits per heavy atom. The average molecular weight is 408 g/mol. The molecule has 0 bridgehead atoms. The third-order valence-corrected chi connectivity index (χ3v) is 4.70. The van der Waals surface area contributed by atoms with E-state index in [2.05, 4.69) is 9.97 Å². The molecule has 2 aromatic heterocycles. The van der Waals surface area contributed by atoms with Crippen molar-refractivity contribution in [1.82, 2.24) is 14.5 Å². The lowest BCUT2D eigenvalue weighted by Gasteiger charge is -2.07. The van der Waals surface area contributed by atoms with Crippen molar-refractivity contribution in [3.05, 3.63) is 85.2 Å². The third-order valence-electron chi connectivity index (χ3n) is 4.70. The Bertz CT molecular complexity index is 1400. The van der Waals surface area contributed by atoms with Crippen LogP contribution in [0, 0.1) is 10.1 Å². The fourth-order valence-corrected chi connectivity index (χ4v) is 3.27. The van der Waals surface area contributed by atoms with Gasteiger partial charge in [0, 0.05) is 18.0 Å². The molecule has 30 heavy (non-hydrogen) atoms. The molecule has 0 atom stereocenters. The van der Waals surface area contributed by atoms with Gasteiger partial charge in [-0.1, -0.05) is 24.3 Å². The van der Waals surface area contributed by atoms with Crippen molar-refractivity contribution in [2.75, 3.05) is 6.61 Å². The van der Waals surface area contributed by atoms with E-state index in [1.165, 1.54) is 18.2 Å². The van der Waals surface area contributed by atoms with Crippen LogP contribution in [-0.4, -0.2) is 32.0 Å². The van der Waals surface area contributed by atoms with E-state index in [1.807, 2.05) is 0 Å². The minimum absolute atomic E-state index is 0.0327. The lowest BCUT2D eigenvalue weighted by atomic mass is 10.2. The summed E-state index contributed by atoms with van der Waals surface area (Å²) in [6.07, 6.45) is 0.243. The van der Waals surface area contributed by atoms with E-state index in [1.54, 1.807) is 30.3 Å². The predicted octanol–water partition coefficient (Wildman–Crippen LogP) is 2.33. The van der Waals surface area contributed by atoms with Crippen LogP contribution in [0.1, 0.15) is 16.9 Å². The summed E-state index contributed by atoms with van der Waals surface area (Å²) in [6.45, 7) is 0.0411. The summed E-state index contributed by atoms with van der Waals surface area (Å²) in [6, 6.07) is 12.7. The number of nitro groups is 1. The van der Waals surface area contributed by atoms with E-state index in [0.29, 0.717) is 16.3 Å². The Morgan fingerprint density at radius 1 is 1.10 bits per heavy atom. The first-order valence-corrected chi connectivity index (χ1v) is 9.11. The maximum Gasteiger partial charge on any atom is 0.354 e. The second-order valence-corrected chi connectivity index (χ2v) is 6.60. The summed E-state index contributed by atoms with van der Waals surface area (Å²) >= 11 is 0. The number of para-hydroxylation sites is 2. The third kappa shape index (κ3) is 3.46. The molecule has 0 aliphatic rings. The number of ether oxygens (including phenoxy) is 1. The zero-order valence-corrected chi connectivity index (χ0v) is 15.6. The minimum atomic E-state index is -0.680. The maximum absolute atomic E-state index is 12.5. The predicted molar refractivity (Wildman–Crippen MR) is 109 cm³/mol. The van der Waals surface area contributed by atoms with Gasteiger partial charge in [-0.15, -0.1) is 0 Å². The summed E-state index contributed by atoms with van der Waals surface area (Å²) in [4.78, 5) is 52.8. The van der Waals surface area contributed by atoms with E-state index in [0.717, 1.165) is 4.57 Å². The number of hydrogen-bond donors (Lipinski definition) is 2. The highest BCUT2D eigenvalue weighted by Gasteiger charge is 2.17. The minimum Gasteiger partial charge on any atom is -0.461 e. The first-order valence-electron chi connectivity index (χ1n) is 9.11. The number of H-pyrrole nitrogens is 2. The standard InChI is InChI=1S/C20H16N4O6/c25-18-13-6-1-2-7-14(13)22-20(27)23(18)9-4-10-30-19(26)15-11-12-5-3-8-16(24(28)29)17(12)21-15/h1-3,5-8,11,21H,4,9-10H2,(H,22,27). The van der Waals surface area contributed by atoms with Crippen LogP contribution in [0.4, 0.5) is 5.69 Å². The molecule has 4 rings (SSSR count). The molecule has 0 saturated carbocycles. The van der Waals surface area contributed by atoms with Crippen molar-refractivity contribution in [3.63, 3.8) is 0 Å². The molecule has 0 radical (unpaired) electrons. The molecule has 2 heterocycles. The van der Waals surface area contributed by atoms with Crippen LogP contribution in [0.2, 0.25) is 0 Å².